The first-order chi connectivity index (χ1) is 15.6. The minimum absolute atomic E-state index is 0.0298. The van der Waals surface area contributed by atoms with Crippen LogP contribution in [0, 0.1) is 0 Å². The Balaban J connectivity index is 1.70. The number of anilines is 1. The molecule has 0 saturated carbocycles. The molecule has 0 radical (unpaired) electrons. The molecule has 11 heteroatoms. The van der Waals surface area contributed by atoms with Crippen LogP contribution in [-0.4, -0.2) is 58.7 Å². The second-order valence-electron chi connectivity index (χ2n) is 8.23. The normalized spacial score (nSPS) is 22.0. The molecule has 3 amide bonds. The summed E-state index contributed by atoms with van der Waals surface area (Å²) in [5.74, 6) is -0.466. The zero-order chi connectivity index (χ0) is 23.8. The standard InChI is InChI=1S/C22H23F3N4O3S/c1-21(2)19(30)28(15-3-5-16(6-4-15)33-22(23,24)25)20(31)29(21)18(14-7-9-26-10-8-14)17-13-27-11-12-32-17/h3-10,17-18,27H,11-13H2,1-2H3. The molecular formula is C22H23F3N4O3S. The molecule has 33 heavy (non-hydrogen) atoms. The SMILES string of the molecule is CC1(C)C(=O)N(c2ccc(SC(F)(F)F)cc2)C(=O)N1C(c1ccncc1)C1CNCCO1. The third kappa shape index (κ3) is 4.71. The van der Waals surface area contributed by atoms with E-state index in [4.69, 9.17) is 4.74 Å². The summed E-state index contributed by atoms with van der Waals surface area (Å²) in [6, 6.07) is 7.63. The van der Waals surface area contributed by atoms with Gasteiger partial charge in [0, 0.05) is 30.4 Å². The van der Waals surface area contributed by atoms with Crippen molar-refractivity contribution in [2.24, 2.45) is 0 Å². The summed E-state index contributed by atoms with van der Waals surface area (Å²) in [5.41, 5.74) is -4.66. The number of imide groups is 1. The number of ether oxygens (including phenoxy) is 1. The maximum Gasteiger partial charge on any atom is 0.446 e. The zero-order valence-corrected chi connectivity index (χ0v) is 18.8. The van der Waals surface area contributed by atoms with E-state index in [-0.39, 0.29) is 22.3 Å². The molecule has 1 aromatic heterocycles. The molecule has 2 aliphatic heterocycles. The lowest BCUT2D eigenvalue weighted by Gasteiger charge is -2.41. The summed E-state index contributed by atoms with van der Waals surface area (Å²) >= 11 is -0.253. The molecular weight excluding hydrogens is 457 g/mol. The Bertz CT molecular complexity index is 1010. The van der Waals surface area contributed by atoms with Crippen molar-refractivity contribution >= 4 is 29.4 Å². The lowest BCUT2D eigenvalue weighted by atomic mass is 9.94. The Morgan fingerprint density at radius 3 is 2.39 bits per heavy atom. The molecule has 2 aliphatic rings. The van der Waals surface area contributed by atoms with Crippen molar-refractivity contribution < 1.29 is 27.5 Å². The molecule has 3 heterocycles. The van der Waals surface area contributed by atoms with Crippen LogP contribution in [0.15, 0.2) is 53.7 Å². The van der Waals surface area contributed by atoms with Crippen molar-refractivity contribution in [3.63, 3.8) is 0 Å². The van der Waals surface area contributed by atoms with E-state index in [0.29, 0.717) is 19.7 Å². The number of morpholine rings is 1. The second-order valence-corrected chi connectivity index (χ2v) is 9.37. The summed E-state index contributed by atoms with van der Waals surface area (Å²) < 4.78 is 44.0. The lowest BCUT2D eigenvalue weighted by molar-refractivity contribution is -0.125. The number of amides is 3. The van der Waals surface area contributed by atoms with Gasteiger partial charge in [-0.25, -0.2) is 9.69 Å². The molecule has 2 fully saturated rings. The average Bonchev–Trinajstić information content (AvgIpc) is 2.95. The summed E-state index contributed by atoms with van der Waals surface area (Å²) in [5, 5.41) is 3.26. The number of halogens is 3. The number of benzene rings is 1. The molecule has 7 nitrogen and oxygen atoms in total. The van der Waals surface area contributed by atoms with Gasteiger partial charge in [0.25, 0.3) is 5.91 Å². The monoisotopic (exact) mass is 480 g/mol. The maximum atomic E-state index is 13.7. The minimum atomic E-state index is -4.43. The molecule has 2 unspecified atom stereocenters. The lowest BCUT2D eigenvalue weighted by Crippen LogP contribution is -2.53. The number of rotatable bonds is 5. The van der Waals surface area contributed by atoms with Gasteiger partial charge >= 0.3 is 11.5 Å². The van der Waals surface area contributed by atoms with E-state index in [0.717, 1.165) is 10.5 Å². The fourth-order valence-corrected chi connectivity index (χ4v) is 4.72. The van der Waals surface area contributed by atoms with E-state index in [1.165, 1.54) is 29.2 Å². The quantitative estimate of drug-likeness (QED) is 0.516. The van der Waals surface area contributed by atoms with E-state index < -0.39 is 35.1 Å². The topological polar surface area (TPSA) is 74.8 Å². The number of carbonyl (C=O) groups excluding carboxylic acids is 2. The summed E-state index contributed by atoms with van der Waals surface area (Å²) in [7, 11) is 0. The third-order valence-electron chi connectivity index (χ3n) is 5.69. The molecule has 176 valence electrons. The van der Waals surface area contributed by atoms with Crippen molar-refractivity contribution in [1.82, 2.24) is 15.2 Å². The fourth-order valence-electron chi connectivity index (χ4n) is 4.18. The first-order valence-corrected chi connectivity index (χ1v) is 11.2. The highest BCUT2D eigenvalue weighted by Gasteiger charge is 2.56. The molecule has 2 atom stereocenters. The van der Waals surface area contributed by atoms with Crippen LogP contribution in [0.25, 0.3) is 0 Å². The molecule has 2 saturated heterocycles. The van der Waals surface area contributed by atoms with Crippen LogP contribution in [-0.2, 0) is 9.53 Å². The number of alkyl halides is 3. The number of aromatic nitrogens is 1. The van der Waals surface area contributed by atoms with Crippen LogP contribution in [0.1, 0.15) is 25.5 Å². The minimum Gasteiger partial charge on any atom is -0.373 e. The van der Waals surface area contributed by atoms with E-state index in [1.807, 2.05) is 0 Å². The van der Waals surface area contributed by atoms with E-state index in [9.17, 15) is 22.8 Å². The van der Waals surface area contributed by atoms with Crippen LogP contribution in [0.4, 0.5) is 23.7 Å². The molecule has 0 aliphatic carbocycles. The number of thioether (sulfide) groups is 1. The number of carbonyl (C=O) groups is 2. The fraction of sp³-hybridized carbons (Fsp3) is 0.409. The van der Waals surface area contributed by atoms with Gasteiger partial charge in [-0.1, -0.05) is 0 Å². The predicted molar refractivity (Wildman–Crippen MR) is 117 cm³/mol. The molecule has 2 aromatic rings. The Labute approximate surface area is 193 Å². The highest BCUT2D eigenvalue weighted by molar-refractivity contribution is 8.00. The smallest absolute Gasteiger partial charge is 0.373 e. The van der Waals surface area contributed by atoms with E-state index in [2.05, 4.69) is 10.3 Å². The van der Waals surface area contributed by atoms with Gasteiger partial charge in [0.05, 0.1) is 24.4 Å². The first kappa shape index (κ1) is 23.5. The Hall–Kier alpha value is -2.63. The first-order valence-electron chi connectivity index (χ1n) is 10.4. The van der Waals surface area contributed by atoms with E-state index in [1.54, 1.807) is 38.4 Å². The molecule has 1 N–H and O–H groups in total. The van der Waals surface area contributed by atoms with Crippen molar-refractivity contribution in [1.29, 1.82) is 0 Å². The van der Waals surface area contributed by atoms with Gasteiger partial charge < -0.3 is 15.0 Å². The van der Waals surface area contributed by atoms with Crippen LogP contribution >= 0.6 is 11.8 Å². The Morgan fingerprint density at radius 2 is 1.82 bits per heavy atom. The number of nitrogens with one attached hydrogen (secondary N) is 1. The van der Waals surface area contributed by atoms with Gasteiger partial charge in [-0.3, -0.25) is 9.78 Å². The number of hydrogen-bond acceptors (Lipinski definition) is 6. The zero-order valence-electron chi connectivity index (χ0n) is 18.0. The second kappa shape index (κ2) is 8.96. The van der Waals surface area contributed by atoms with Crippen LogP contribution in [0.5, 0.6) is 0 Å². The number of hydrogen-bond donors (Lipinski definition) is 1. The Kier molecular flexibility index (Phi) is 6.39. The number of pyridine rings is 1. The Morgan fingerprint density at radius 1 is 1.15 bits per heavy atom. The van der Waals surface area contributed by atoms with Gasteiger partial charge in [0.2, 0.25) is 0 Å². The van der Waals surface area contributed by atoms with Gasteiger partial charge in [0.1, 0.15) is 5.54 Å². The van der Waals surface area contributed by atoms with Crippen LogP contribution in [0.2, 0.25) is 0 Å². The van der Waals surface area contributed by atoms with Gasteiger partial charge in [-0.15, -0.1) is 0 Å². The third-order valence-corrected chi connectivity index (χ3v) is 6.43. The highest BCUT2D eigenvalue weighted by Crippen LogP contribution is 2.42. The van der Waals surface area contributed by atoms with Crippen LogP contribution < -0.4 is 10.2 Å². The van der Waals surface area contributed by atoms with Gasteiger partial charge in [-0.2, -0.15) is 13.2 Å². The molecule has 0 bridgehead atoms. The largest absolute Gasteiger partial charge is 0.446 e. The summed E-state index contributed by atoms with van der Waals surface area (Å²) in [4.78, 5) is 33.6. The molecule has 4 rings (SSSR count). The highest BCUT2D eigenvalue weighted by atomic mass is 32.2. The molecule has 0 spiro atoms. The summed E-state index contributed by atoms with van der Waals surface area (Å²) in [6.45, 7) is 4.95. The number of urea groups is 1. The van der Waals surface area contributed by atoms with Gasteiger partial charge in [0.15, 0.2) is 0 Å². The van der Waals surface area contributed by atoms with Crippen molar-refractivity contribution in [2.75, 3.05) is 24.6 Å². The average molecular weight is 481 g/mol. The summed E-state index contributed by atoms with van der Waals surface area (Å²) in [6.07, 6.45) is 2.83. The van der Waals surface area contributed by atoms with Crippen molar-refractivity contribution in [2.45, 2.75) is 41.9 Å². The van der Waals surface area contributed by atoms with Gasteiger partial charge in [-0.05, 0) is 67.6 Å². The van der Waals surface area contributed by atoms with Crippen LogP contribution in [0.3, 0.4) is 0 Å². The molecule has 1 aromatic carbocycles. The number of nitrogens with zero attached hydrogens (tertiary/aromatic N) is 3. The predicted octanol–water partition coefficient (Wildman–Crippen LogP) is 3.97. The van der Waals surface area contributed by atoms with Crippen molar-refractivity contribution in [3.8, 4) is 0 Å². The van der Waals surface area contributed by atoms with Crippen molar-refractivity contribution in [3.05, 3.63) is 54.4 Å². The maximum absolute atomic E-state index is 13.7. The van der Waals surface area contributed by atoms with E-state index >= 15 is 0 Å².